The number of benzene rings is 2. The van der Waals surface area contributed by atoms with Crippen molar-refractivity contribution in [2.45, 2.75) is 32.9 Å². The van der Waals surface area contributed by atoms with E-state index in [1.54, 1.807) is 0 Å². The van der Waals surface area contributed by atoms with Crippen LogP contribution in [-0.2, 0) is 6.54 Å². The van der Waals surface area contributed by atoms with E-state index in [-0.39, 0.29) is 6.04 Å². The zero-order valence-electron chi connectivity index (χ0n) is 15.4. The van der Waals surface area contributed by atoms with Crippen LogP contribution in [0.3, 0.4) is 0 Å². The van der Waals surface area contributed by atoms with Crippen molar-refractivity contribution in [1.82, 2.24) is 5.32 Å². The van der Waals surface area contributed by atoms with Gasteiger partial charge in [-0.05, 0) is 29.7 Å². The number of fused-ring (bicyclic) bond motifs is 1. The first-order chi connectivity index (χ1) is 12.6. The molecule has 138 valence electrons. The normalized spacial score (nSPS) is 16.7. The first kappa shape index (κ1) is 18.1. The Hall–Kier alpha value is -2.69. The molecule has 3 N–H and O–H groups in total. The minimum atomic E-state index is 0.135. The van der Waals surface area contributed by atoms with Gasteiger partial charge in [-0.25, -0.2) is 4.99 Å². The molecule has 5 heteroatoms. The van der Waals surface area contributed by atoms with Crippen molar-refractivity contribution >= 4 is 5.96 Å². The molecule has 26 heavy (non-hydrogen) atoms. The van der Waals surface area contributed by atoms with Crippen molar-refractivity contribution in [2.24, 2.45) is 16.6 Å². The van der Waals surface area contributed by atoms with Crippen LogP contribution in [-0.4, -0.2) is 19.2 Å². The Morgan fingerprint density at radius 2 is 2.00 bits per heavy atom. The molecule has 0 amide bonds. The zero-order chi connectivity index (χ0) is 18.4. The summed E-state index contributed by atoms with van der Waals surface area (Å²) in [5, 5.41) is 3.31. The number of nitrogens with one attached hydrogen (secondary N) is 1. The molecule has 5 nitrogen and oxygen atoms in total. The van der Waals surface area contributed by atoms with Crippen molar-refractivity contribution < 1.29 is 9.47 Å². The Morgan fingerprint density at radius 3 is 2.77 bits per heavy atom. The summed E-state index contributed by atoms with van der Waals surface area (Å²) >= 11 is 0. The van der Waals surface area contributed by atoms with Crippen LogP contribution >= 0.6 is 0 Å². The molecule has 1 aliphatic heterocycles. The Morgan fingerprint density at radius 1 is 1.23 bits per heavy atom. The third-order valence-electron chi connectivity index (χ3n) is 4.22. The lowest BCUT2D eigenvalue weighted by atomic mass is 10.0. The number of para-hydroxylation sites is 1. The van der Waals surface area contributed by atoms with Crippen molar-refractivity contribution in [3.8, 4) is 11.5 Å². The van der Waals surface area contributed by atoms with Crippen molar-refractivity contribution in [3.63, 3.8) is 0 Å². The topological polar surface area (TPSA) is 68.9 Å². The van der Waals surface area contributed by atoms with Gasteiger partial charge in [0.2, 0.25) is 0 Å². The minimum Gasteiger partial charge on any atom is -0.493 e. The second-order valence-electron chi connectivity index (χ2n) is 6.92. The quantitative estimate of drug-likeness (QED) is 0.614. The number of guanidine groups is 1. The molecule has 1 atom stereocenters. The van der Waals surface area contributed by atoms with Gasteiger partial charge in [0.25, 0.3) is 0 Å². The molecule has 0 aromatic heterocycles. The SMILES string of the molecule is CC(C)COc1ccc(CN=C(N)NC2CCOc3ccccc32)cc1. The average molecular weight is 353 g/mol. The standard InChI is InChI=1S/C21H27N3O2/c1-15(2)14-26-17-9-7-16(8-10-17)13-23-21(22)24-19-11-12-25-20-6-4-3-5-18(19)20/h3-10,15,19H,11-14H2,1-2H3,(H3,22,23,24). The molecule has 3 rings (SSSR count). The summed E-state index contributed by atoms with van der Waals surface area (Å²) in [7, 11) is 0. The average Bonchev–Trinajstić information content (AvgIpc) is 2.66. The predicted octanol–water partition coefficient (Wildman–Crippen LogP) is 3.65. The van der Waals surface area contributed by atoms with Gasteiger partial charge in [0, 0.05) is 12.0 Å². The number of nitrogens with two attached hydrogens (primary N) is 1. The summed E-state index contributed by atoms with van der Waals surface area (Å²) in [4.78, 5) is 4.47. The molecule has 2 aromatic carbocycles. The van der Waals surface area contributed by atoms with Crippen molar-refractivity contribution in [1.29, 1.82) is 0 Å². The number of hydrogen-bond acceptors (Lipinski definition) is 3. The second-order valence-corrected chi connectivity index (χ2v) is 6.92. The van der Waals surface area contributed by atoms with E-state index in [1.807, 2.05) is 42.5 Å². The molecule has 0 radical (unpaired) electrons. The van der Waals surface area contributed by atoms with E-state index in [0.29, 0.717) is 25.0 Å². The molecule has 0 fully saturated rings. The van der Waals surface area contributed by atoms with E-state index in [0.717, 1.165) is 35.7 Å². The van der Waals surface area contributed by atoms with Crippen LogP contribution in [0.2, 0.25) is 0 Å². The van der Waals surface area contributed by atoms with Crippen LogP contribution in [0, 0.1) is 5.92 Å². The summed E-state index contributed by atoms with van der Waals surface area (Å²) in [6.07, 6.45) is 0.870. The van der Waals surface area contributed by atoms with Crippen LogP contribution in [0.1, 0.15) is 37.4 Å². The van der Waals surface area contributed by atoms with Gasteiger partial charge in [-0.1, -0.05) is 44.2 Å². The van der Waals surface area contributed by atoms with Crippen molar-refractivity contribution in [3.05, 3.63) is 59.7 Å². The Bertz CT molecular complexity index is 741. The smallest absolute Gasteiger partial charge is 0.189 e. The van der Waals surface area contributed by atoms with E-state index in [9.17, 15) is 0 Å². The maximum atomic E-state index is 6.09. The van der Waals surface area contributed by atoms with E-state index in [2.05, 4.69) is 30.2 Å². The first-order valence-electron chi connectivity index (χ1n) is 9.11. The molecule has 0 saturated heterocycles. The lowest BCUT2D eigenvalue weighted by Gasteiger charge is -2.26. The fraction of sp³-hybridized carbons (Fsp3) is 0.381. The Balaban J connectivity index is 1.56. The van der Waals surface area contributed by atoms with Gasteiger partial charge in [0.15, 0.2) is 5.96 Å². The molecule has 0 aliphatic carbocycles. The maximum Gasteiger partial charge on any atom is 0.189 e. The van der Waals surface area contributed by atoms with Gasteiger partial charge < -0.3 is 20.5 Å². The maximum absolute atomic E-state index is 6.09. The monoisotopic (exact) mass is 353 g/mol. The molecular formula is C21H27N3O2. The molecule has 1 unspecified atom stereocenters. The van der Waals surface area contributed by atoms with E-state index in [4.69, 9.17) is 15.2 Å². The minimum absolute atomic E-state index is 0.135. The molecule has 2 aromatic rings. The van der Waals surface area contributed by atoms with Gasteiger partial charge in [-0.15, -0.1) is 0 Å². The van der Waals surface area contributed by atoms with Gasteiger partial charge in [0.1, 0.15) is 11.5 Å². The second kappa shape index (κ2) is 8.61. The summed E-state index contributed by atoms with van der Waals surface area (Å²) in [5.74, 6) is 2.77. The number of aliphatic imine (C=N–C) groups is 1. The fourth-order valence-corrected chi connectivity index (χ4v) is 2.85. The fourth-order valence-electron chi connectivity index (χ4n) is 2.85. The lowest BCUT2D eigenvalue weighted by Crippen LogP contribution is -2.37. The largest absolute Gasteiger partial charge is 0.493 e. The molecule has 0 bridgehead atoms. The number of nitrogens with zero attached hydrogens (tertiary/aromatic N) is 1. The molecule has 0 saturated carbocycles. The highest BCUT2D eigenvalue weighted by Gasteiger charge is 2.21. The Labute approximate surface area is 155 Å². The van der Waals surface area contributed by atoms with Crippen LogP contribution in [0.5, 0.6) is 11.5 Å². The van der Waals surface area contributed by atoms with Crippen LogP contribution < -0.4 is 20.5 Å². The highest BCUT2D eigenvalue weighted by Crippen LogP contribution is 2.31. The van der Waals surface area contributed by atoms with Crippen LogP contribution in [0.4, 0.5) is 0 Å². The van der Waals surface area contributed by atoms with Gasteiger partial charge >= 0.3 is 0 Å². The highest BCUT2D eigenvalue weighted by molar-refractivity contribution is 5.78. The third kappa shape index (κ3) is 4.91. The summed E-state index contributed by atoms with van der Waals surface area (Å²) in [6.45, 7) is 6.21. The van der Waals surface area contributed by atoms with Crippen LogP contribution in [0.25, 0.3) is 0 Å². The van der Waals surface area contributed by atoms with E-state index < -0.39 is 0 Å². The summed E-state index contributed by atoms with van der Waals surface area (Å²) in [5.41, 5.74) is 8.32. The highest BCUT2D eigenvalue weighted by atomic mass is 16.5. The first-order valence-corrected chi connectivity index (χ1v) is 9.11. The van der Waals surface area contributed by atoms with Crippen molar-refractivity contribution in [2.75, 3.05) is 13.2 Å². The van der Waals surface area contributed by atoms with E-state index in [1.165, 1.54) is 0 Å². The number of hydrogen-bond donors (Lipinski definition) is 2. The predicted molar refractivity (Wildman–Crippen MR) is 105 cm³/mol. The number of rotatable bonds is 6. The number of ether oxygens (including phenoxy) is 2. The van der Waals surface area contributed by atoms with Gasteiger partial charge in [-0.2, -0.15) is 0 Å². The zero-order valence-corrected chi connectivity index (χ0v) is 15.4. The van der Waals surface area contributed by atoms with Gasteiger partial charge in [0.05, 0.1) is 25.8 Å². The summed E-state index contributed by atoms with van der Waals surface area (Å²) < 4.78 is 11.4. The Kier molecular flexibility index (Phi) is 6.00. The molecule has 1 aliphatic rings. The molecule has 1 heterocycles. The summed E-state index contributed by atoms with van der Waals surface area (Å²) in [6, 6.07) is 16.2. The van der Waals surface area contributed by atoms with Crippen LogP contribution in [0.15, 0.2) is 53.5 Å². The third-order valence-corrected chi connectivity index (χ3v) is 4.22. The molecule has 0 spiro atoms. The van der Waals surface area contributed by atoms with E-state index >= 15 is 0 Å². The van der Waals surface area contributed by atoms with Gasteiger partial charge in [-0.3, -0.25) is 0 Å². The lowest BCUT2D eigenvalue weighted by molar-refractivity contribution is 0.262. The molecular weight excluding hydrogens is 326 g/mol.